The second-order valence-electron chi connectivity index (χ2n) is 6.38. The third-order valence-electron chi connectivity index (χ3n) is 4.45. The zero-order valence-electron chi connectivity index (χ0n) is 13.9. The van der Waals surface area contributed by atoms with Gasteiger partial charge in [0.25, 0.3) is 0 Å². The highest BCUT2D eigenvalue weighted by atomic mass is 35.5. The van der Waals surface area contributed by atoms with Crippen LogP contribution in [0.5, 0.6) is 0 Å². The van der Waals surface area contributed by atoms with Crippen molar-refractivity contribution in [1.82, 2.24) is 14.8 Å². The fourth-order valence-corrected chi connectivity index (χ4v) is 4.58. The SMILES string of the molecule is C[C@@H]1C[C@@H](Sc2nnc(N3CCCC3)n2-c2cccc(Cl)c2)C(=O)O1. The maximum atomic E-state index is 12.0. The Morgan fingerprint density at radius 3 is 2.76 bits per heavy atom. The molecule has 1 aromatic carbocycles. The third-order valence-corrected chi connectivity index (χ3v) is 5.83. The van der Waals surface area contributed by atoms with Crippen LogP contribution in [0.2, 0.25) is 5.02 Å². The van der Waals surface area contributed by atoms with E-state index in [2.05, 4.69) is 15.1 Å². The number of benzene rings is 1. The molecule has 6 nitrogen and oxygen atoms in total. The summed E-state index contributed by atoms with van der Waals surface area (Å²) < 4.78 is 7.27. The number of hydrogen-bond donors (Lipinski definition) is 0. The Balaban J connectivity index is 1.72. The van der Waals surface area contributed by atoms with E-state index in [0.29, 0.717) is 16.6 Å². The number of rotatable bonds is 4. The molecule has 1 aromatic heterocycles. The molecule has 0 aliphatic carbocycles. The van der Waals surface area contributed by atoms with Crippen molar-refractivity contribution < 1.29 is 9.53 Å². The monoisotopic (exact) mass is 378 g/mol. The maximum absolute atomic E-state index is 12.0. The molecule has 132 valence electrons. The Morgan fingerprint density at radius 1 is 1.28 bits per heavy atom. The minimum atomic E-state index is -0.247. The van der Waals surface area contributed by atoms with Crippen molar-refractivity contribution in [3.63, 3.8) is 0 Å². The van der Waals surface area contributed by atoms with Crippen LogP contribution >= 0.6 is 23.4 Å². The summed E-state index contributed by atoms with van der Waals surface area (Å²) in [4.78, 5) is 14.3. The van der Waals surface area contributed by atoms with Crippen molar-refractivity contribution in [3.8, 4) is 5.69 Å². The second kappa shape index (κ2) is 6.88. The minimum Gasteiger partial charge on any atom is -0.462 e. The topological polar surface area (TPSA) is 60.2 Å². The summed E-state index contributed by atoms with van der Waals surface area (Å²) in [7, 11) is 0. The van der Waals surface area contributed by atoms with E-state index in [-0.39, 0.29) is 17.3 Å². The molecule has 4 rings (SSSR count). The standard InChI is InChI=1S/C17H19ClN4O2S/c1-11-9-14(15(23)24-11)25-17-20-19-16(21-7-2-3-8-21)22(17)13-6-4-5-12(18)10-13/h4-6,10-11,14H,2-3,7-9H2,1H3/t11-,14-/m1/s1. The number of nitrogens with zero attached hydrogens (tertiary/aromatic N) is 4. The summed E-state index contributed by atoms with van der Waals surface area (Å²) in [5.74, 6) is 0.627. The predicted molar refractivity (Wildman–Crippen MR) is 97.6 cm³/mol. The lowest BCUT2D eigenvalue weighted by Crippen LogP contribution is -2.22. The van der Waals surface area contributed by atoms with E-state index in [1.54, 1.807) is 0 Å². The van der Waals surface area contributed by atoms with Crippen molar-refractivity contribution in [2.75, 3.05) is 18.0 Å². The maximum Gasteiger partial charge on any atom is 0.319 e. The Kier molecular flexibility index (Phi) is 4.60. The van der Waals surface area contributed by atoms with Gasteiger partial charge < -0.3 is 9.64 Å². The Bertz CT molecular complexity index is 791. The first-order chi connectivity index (χ1) is 12.1. The summed E-state index contributed by atoms with van der Waals surface area (Å²) >= 11 is 7.61. The largest absolute Gasteiger partial charge is 0.462 e. The van der Waals surface area contributed by atoms with Crippen molar-refractivity contribution in [3.05, 3.63) is 29.3 Å². The number of cyclic esters (lactones) is 1. The zero-order chi connectivity index (χ0) is 17.4. The molecule has 8 heteroatoms. The summed E-state index contributed by atoms with van der Waals surface area (Å²) in [6.45, 7) is 3.84. The quantitative estimate of drug-likeness (QED) is 0.760. The Labute approximate surface area is 155 Å². The number of hydrogen-bond acceptors (Lipinski definition) is 6. The van der Waals surface area contributed by atoms with E-state index in [1.165, 1.54) is 11.8 Å². The molecule has 0 amide bonds. The van der Waals surface area contributed by atoms with Crippen LogP contribution in [0.4, 0.5) is 5.95 Å². The van der Waals surface area contributed by atoms with Gasteiger partial charge in [-0.1, -0.05) is 29.4 Å². The molecule has 0 saturated carbocycles. The predicted octanol–water partition coefficient (Wildman–Crippen LogP) is 3.32. The van der Waals surface area contributed by atoms with Gasteiger partial charge in [-0.05, 0) is 38.0 Å². The number of carbonyl (C=O) groups is 1. The molecule has 2 aliphatic rings. The molecule has 2 aliphatic heterocycles. The van der Waals surface area contributed by atoms with E-state index in [1.807, 2.05) is 35.8 Å². The summed E-state index contributed by atoms with van der Waals surface area (Å²) in [6, 6.07) is 7.62. The first-order valence-corrected chi connectivity index (χ1v) is 9.71. The zero-order valence-corrected chi connectivity index (χ0v) is 15.5. The van der Waals surface area contributed by atoms with Gasteiger partial charge in [0.05, 0.1) is 5.69 Å². The number of aromatic nitrogens is 3. The molecule has 0 bridgehead atoms. The average molecular weight is 379 g/mol. The normalized spacial score (nSPS) is 23.3. The van der Waals surface area contributed by atoms with Crippen LogP contribution in [-0.4, -0.2) is 45.2 Å². The molecule has 2 aromatic rings. The van der Waals surface area contributed by atoms with Crippen LogP contribution in [0.1, 0.15) is 26.2 Å². The fraction of sp³-hybridized carbons (Fsp3) is 0.471. The van der Waals surface area contributed by atoms with Gasteiger partial charge in [-0.3, -0.25) is 9.36 Å². The van der Waals surface area contributed by atoms with Gasteiger partial charge in [-0.15, -0.1) is 10.2 Å². The average Bonchev–Trinajstić information content (AvgIpc) is 3.28. The Hall–Kier alpha value is -1.73. The van der Waals surface area contributed by atoms with Crippen LogP contribution in [0, 0.1) is 0 Å². The van der Waals surface area contributed by atoms with Gasteiger partial charge in [-0.2, -0.15) is 0 Å². The van der Waals surface area contributed by atoms with E-state index < -0.39 is 0 Å². The number of ether oxygens (including phenoxy) is 1. The highest BCUT2D eigenvalue weighted by molar-refractivity contribution is 8.00. The fourth-order valence-electron chi connectivity index (χ4n) is 3.25. The number of carbonyl (C=O) groups excluding carboxylic acids is 1. The summed E-state index contributed by atoms with van der Waals surface area (Å²) in [5.41, 5.74) is 0.904. The van der Waals surface area contributed by atoms with E-state index in [9.17, 15) is 4.79 Å². The van der Waals surface area contributed by atoms with Gasteiger partial charge in [0.2, 0.25) is 5.95 Å². The van der Waals surface area contributed by atoms with Gasteiger partial charge in [0.15, 0.2) is 5.16 Å². The highest BCUT2D eigenvalue weighted by Gasteiger charge is 2.35. The van der Waals surface area contributed by atoms with Crippen molar-refractivity contribution in [2.45, 2.75) is 42.7 Å². The molecular weight excluding hydrogens is 360 g/mol. The molecule has 0 unspecified atom stereocenters. The second-order valence-corrected chi connectivity index (χ2v) is 7.99. The molecule has 2 atom stereocenters. The summed E-state index contributed by atoms with van der Waals surface area (Å²) in [5, 5.41) is 9.89. The highest BCUT2D eigenvalue weighted by Crippen LogP contribution is 2.35. The molecule has 0 spiro atoms. The number of halogens is 1. The molecule has 25 heavy (non-hydrogen) atoms. The van der Waals surface area contributed by atoms with Crippen molar-refractivity contribution in [1.29, 1.82) is 0 Å². The molecule has 2 saturated heterocycles. The van der Waals surface area contributed by atoms with Crippen LogP contribution in [0.25, 0.3) is 5.69 Å². The molecule has 0 N–H and O–H groups in total. The number of thioether (sulfide) groups is 1. The Morgan fingerprint density at radius 2 is 2.08 bits per heavy atom. The van der Waals surface area contributed by atoms with Crippen LogP contribution < -0.4 is 4.90 Å². The van der Waals surface area contributed by atoms with E-state index >= 15 is 0 Å². The van der Waals surface area contributed by atoms with Gasteiger partial charge in [-0.25, -0.2) is 0 Å². The summed E-state index contributed by atoms with van der Waals surface area (Å²) in [6.07, 6.45) is 2.94. The minimum absolute atomic E-state index is 0.0504. The van der Waals surface area contributed by atoms with Crippen LogP contribution in [0.3, 0.4) is 0 Å². The van der Waals surface area contributed by atoms with Gasteiger partial charge in [0.1, 0.15) is 11.4 Å². The number of esters is 1. The molecular formula is C17H19ClN4O2S. The molecule has 0 radical (unpaired) electrons. The first kappa shape index (κ1) is 16.7. The van der Waals surface area contributed by atoms with Gasteiger partial charge in [0, 0.05) is 24.5 Å². The smallest absolute Gasteiger partial charge is 0.319 e. The van der Waals surface area contributed by atoms with E-state index in [0.717, 1.165) is 37.6 Å². The van der Waals surface area contributed by atoms with Crippen molar-refractivity contribution >= 4 is 35.3 Å². The van der Waals surface area contributed by atoms with E-state index in [4.69, 9.17) is 16.3 Å². The van der Waals surface area contributed by atoms with Crippen LogP contribution in [-0.2, 0) is 9.53 Å². The lowest BCUT2D eigenvalue weighted by molar-refractivity contribution is -0.140. The van der Waals surface area contributed by atoms with Crippen LogP contribution in [0.15, 0.2) is 29.4 Å². The lowest BCUT2D eigenvalue weighted by atomic mass is 10.3. The third kappa shape index (κ3) is 3.35. The first-order valence-electron chi connectivity index (χ1n) is 8.45. The van der Waals surface area contributed by atoms with Gasteiger partial charge >= 0.3 is 5.97 Å². The molecule has 3 heterocycles. The molecule has 2 fully saturated rings. The van der Waals surface area contributed by atoms with Crippen molar-refractivity contribution in [2.24, 2.45) is 0 Å². The number of anilines is 1. The lowest BCUT2D eigenvalue weighted by Gasteiger charge is -2.18.